The third-order valence-electron chi connectivity index (χ3n) is 2.67. The topological polar surface area (TPSA) is 76.1 Å². The van der Waals surface area contributed by atoms with Crippen LogP contribution in [0, 0.1) is 0 Å². The van der Waals surface area contributed by atoms with Crippen molar-refractivity contribution in [2.45, 2.75) is 5.75 Å². The van der Waals surface area contributed by atoms with E-state index in [9.17, 15) is 13.2 Å². The third-order valence-corrected chi connectivity index (χ3v) is 4.24. The first-order valence-corrected chi connectivity index (χ1v) is 8.35. The molecule has 5 nitrogen and oxygen atoms in total. The number of carbonyl (C=O) groups excluding carboxylic acids is 1. The predicted octanol–water partition coefficient (Wildman–Crippen LogP) is 2.39. The van der Waals surface area contributed by atoms with E-state index in [4.69, 9.17) is 11.6 Å². The summed E-state index contributed by atoms with van der Waals surface area (Å²) in [6.07, 6.45) is 5.78. The van der Waals surface area contributed by atoms with Crippen LogP contribution in [-0.2, 0) is 20.6 Å². The summed E-state index contributed by atoms with van der Waals surface area (Å²) in [4.78, 5) is 15.6. The summed E-state index contributed by atoms with van der Waals surface area (Å²) in [5.74, 6) is -1.09. The van der Waals surface area contributed by atoms with Crippen LogP contribution in [0.3, 0.4) is 0 Å². The quantitative estimate of drug-likeness (QED) is 0.851. The first-order chi connectivity index (χ1) is 10.5. The Morgan fingerprint density at radius 3 is 2.68 bits per heavy atom. The summed E-state index contributed by atoms with van der Waals surface area (Å²) < 4.78 is 25.8. The van der Waals surface area contributed by atoms with E-state index < -0.39 is 15.9 Å². The number of hydrogen-bond donors (Lipinski definition) is 1. The van der Waals surface area contributed by atoms with E-state index >= 15 is 0 Å². The van der Waals surface area contributed by atoms with Crippen molar-refractivity contribution in [2.75, 3.05) is 0 Å². The molecule has 0 aliphatic carbocycles. The van der Waals surface area contributed by atoms with Crippen molar-refractivity contribution >= 4 is 33.6 Å². The molecule has 0 saturated heterocycles. The fraction of sp³-hybridized carbons (Fsp3) is 0.0667. The molecule has 0 aliphatic heterocycles. The third kappa shape index (κ3) is 4.98. The zero-order chi connectivity index (χ0) is 16.0. The summed E-state index contributed by atoms with van der Waals surface area (Å²) in [5.41, 5.74) is 1.13. The number of benzene rings is 1. The summed E-state index contributed by atoms with van der Waals surface area (Å²) >= 11 is 5.91. The Balaban J connectivity index is 2.01. The molecule has 1 heterocycles. The Bertz CT molecular complexity index is 789. The minimum atomic E-state index is -3.81. The van der Waals surface area contributed by atoms with Crippen LogP contribution in [0.2, 0.25) is 5.02 Å². The maximum Gasteiger partial charge on any atom is 0.257 e. The highest BCUT2D eigenvalue weighted by molar-refractivity contribution is 7.89. The van der Waals surface area contributed by atoms with Gasteiger partial charge in [0, 0.05) is 23.5 Å². The number of halogens is 1. The first-order valence-electron chi connectivity index (χ1n) is 6.32. The van der Waals surface area contributed by atoms with Crippen LogP contribution in [0.15, 0.2) is 54.9 Å². The minimum Gasteiger partial charge on any atom is -0.269 e. The number of rotatable bonds is 5. The Kier molecular flexibility index (Phi) is 5.30. The van der Waals surface area contributed by atoms with Crippen LogP contribution in [-0.4, -0.2) is 19.3 Å². The van der Waals surface area contributed by atoms with Gasteiger partial charge in [-0.2, -0.15) is 0 Å². The summed E-state index contributed by atoms with van der Waals surface area (Å²) in [5, 5.41) is 0.339. The van der Waals surface area contributed by atoms with Crippen molar-refractivity contribution in [2.24, 2.45) is 0 Å². The maximum absolute atomic E-state index is 11.9. The molecule has 0 atom stereocenters. The number of amides is 1. The van der Waals surface area contributed by atoms with Crippen LogP contribution in [0.4, 0.5) is 0 Å². The van der Waals surface area contributed by atoms with Gasteiger partial charge in [-0.3, -0.25) is 9.78 Å². The fourth-order valence-electron chi connectivity index (χ4n) is 1.69. The second kappa shape index (κ2) is 7.20. The van der Waals surface area contributed by atoms with E-state index in [-0.39, 0.29) is 5.75 Å². The lowest BCUT2D eigenvalue weighted by atomic mass is 10.2. The molecule has 0 unspecified atom stereocenters. The Labute approximate surface area is 133 Å². The Morgan fingerprint density at radius 1 is 1.23 bits per heavy atom. The van der Waals surface area contributed by atoms with Crippen LogP contribution in [0.25, 0.3) is 6.08 Å². The Hall–Kier alpha value is -2.18. The number of aromatic nitrogens is 1. The lowest BCUT2D eigenvalue weighted by Crippen LogP contribution is -2.30. The van der Waals surface area contributed by atoms with Crippen molar-refractivity contribution in [3.63, 3.8) is 0 Å². The average molecular weight is 337 g/mol. The van der Waals surface area contributed by atoms with Gasteiger partial charge >= 0.3 is 0 Å². The Morgan fingerprint density at radius 2 is 2.00 bits per heavy atom. The van der Waals surface area contributed by atoms with E-state index in [0.29, 0.717) is 16.1 Å². The smallest absolute Gasteiger partial charge is 0.257 e. The normalized spacial score (nSPS) is 11.5. The van der Waals surface area contributed by atoms with E-state index in [1.165, 1.54) is 6.08 Å². The molecular weight excluding hydrogens is 324 g/mol. The van der Waals surface area contributed by atoms with Crippen molar-refractivity contribution in [3.05, 3.63) is 71.0 Å². The van der Waals surface area contributed by atoms with Crippen LogP contribution in [0.5, 0.6) is 0 Å². The van der Waals surface area contributed by atoms with Crippen molar-refractivity contribution < 1.29 is 13.2 Å². The highest BCUT2D eigenvalue weighted by Crippen LogP contribution is 2.17. The second-order valence-electron chi connectivity index (χ2n) is 4.44. The van der Waals surface area contributed by atoms with Gasteiger partial charge in [0.25, 0.3) is 5.91 Å². The molecule has 1 aromatic heterocycles. The van der Waals surface area contributed by atoms with E-state index in [2.05, 4.69) is 4.98 Å². The zero-order valence-electron chi connectivity index (χ0n) is 11.4. The molecular formula is C15H13ClN2O3S. The zero-order valence-corrected chi connectivity index (χ0v) is 13.0. The highest BCUT2D eigenvalue weighted by Gasteiger charge is 2.15. The molecule has 0 saturated carbocycles. The molecule has 0 spiro atoms. The maximum atomic E-state index is 11.9. The summed E-state index contributed by atoms with van der Waals surface area (Å²) in [7, 11) is -3.81. The number of nitrogens with one attached hydrogen (secondary N) is 1. The van der Waals surface area contributed by atoms with Gasteiger partial charge in [0.15, 0.2) is 0 Å². The van der Waals surface area contributed by atoms with Gasteiger partial charge in [0.05, 0.1) is 5.75 Å². The SMILES string of the molecule is O=C(/C=C/c1cccnc1)NS(=O)(=O)Cc1ccccc1Cl. The number of carbonyl (C=O) groups is 1. The van der Waals surface area contributed by atoms with Gasteiger partial charge in [-0.1, -0.05) is 35.9 Å². The average Bonchev–Trinajstić information content (AvgIpc) is 2.48. The lowest BCUT2D eigenvalue weighted by Gasteiger charge is -2.06. The monoisotopic (exact) mass is 336 g/mol. The van der Waals surface area contributed by atoms with Crippen LogP contribution in [0.1, 0.15) is 11.1 Å². The number of pyridine rings is 1. The molecule has 0 radical (unpaired) electrons. The fourth-order valence-corrected chi connectivity index (χ4v) is 3.08. The van der Waals surface area contributed by atoms with Gasteiger partial charge in [0.2, 0.25) is 10.0 Å². The number of hydrogen-bond acceptors (Lipinski definition) is 4. The molecule has 7 heteroatoms. The molecule has 1 aromatic carbocycles. The second-order valence-corrected chi connectivity index (χ2v) is 6.57. The van der Waals surface area contributed by atoms with Crippen molar-refractivity contribution in [1.82, 2.24) is 9.71 Å². The van der Waals surface area contributed by atoms with Gasteiger partial charge < -0.3 is 0 Å². The number of nitrogens with zero attached hydrogens (tertiary/aromatic N) is 1. The minimum absolute atomic E-state index is 0.339. The van der Waals surface area contributed by atoms with E-state index in [0.717, 1.165) is 6.08 Å². The van der Waals surface area contributed by atoms with E-state index in [1.54, 1.807) is 48.8 Å². The summed E-state index contributed by atoms with van der Waals surface area (Å²) in [6.45, 7) is 0. The highest BCUT2D eigenvalue weighted by atomic mass is 35.5. The molecule has 2 aromatic rings. The molecule has 0 aliphatic rings. The van der Waals surface area contributed by atoms with E-state index in [1.807, 2.05) is 4.72 Å². The molecule has 1 amide bonds. The molecule has 0 bridgehead atoms. The predicted molar refractivity (Wildman–Crippen MR) is 85.5 cm³/mol. The van der Waals surface area contributed by atoms with Crippen molar-refractivity contribution in [3.8, 4) is 0 Å². The van der Waals surface area contributed by atoms with Gasteiger partial charge in [0.1, 0.15) is 0 Å². The van der Waals surface area contributed by atoms with Gasteiger partial charge in [-0.05, 0) is 29.3 Å². The molecule has 0 fully saturated rings. The molecule has 1 N–H and O–H groups in total. The summed E-state index contributed by atoms with van der Waals surface area (Å²) in [6, 6.07) is 10.0. The molecule has 2 rings (SSSR count). The largest absolute Gasteiger partial charge is 0.269 e. The first kappa shape index (κ1) is 16.2. The lowest BCUT2D eigenvalue weighted by molar-refractivity contribution is -0.114. The van der Waals surface area contributed by atoms with Crippen LogP contribution < -0.4 is 4.72 Å². The van der Waals surface area contributed by atoms with Gasteiger partial charge in [-0.15, -0.1) is 0 Å². The van der Waals surface area contributed by atoms with Crippen LogP contribution >= 0.6 is 11.6 Å². The number of sulfonamides is 1. The standard InChI is InChI=1S/C15H13ClN2O3S/c16-14-6-2-1-5-13(14)11-22(20,21)18-15(19)8-7-12-4-3-9-17-10-12/h1-10H,11H2,(H,18,19)/b8-7+. The van der Waals surface area contributed by atoms with Gasteiger partial charge in [-0.25, -0.2) is 13.1 Å². The van der Waals surface area contributed by atoms with Crippen molar-refractivity contribution in [1.29, 1.82) is 0 Å². The molecule has 114 valence electrons. The molecule has 22 heavy (non-hydrogen) atoms.